The molecule has 44 heavy (non-hydrogen) atoms. The van der Waals surface area contributed by atoms with E-state index in [0.717, 1.165) is 17.0 Å². The molecule has 1 spiro atoms. The Balaban J connectivity index is 1.45. The van der Waals surface area contributed by atoms with E-state index in [4.69, 9.17) is 4.99 Å². The van der Waals surface area contributed by atoms with Crippen molar-refractivity contribution in [1.82, 2.24) is 4.98 Å². The first kappa shape index (κ1) is 26.1. The maximum absolute atomic E-state index is 5.37. The average molecular weight is 566 g/mol. The van der Waals surface area contributed by atoms with Crippen LogP contribution in [0.3, 0.4) is 0 Å². The molecule has 0 saturated carbocycles. The summed E-state index contributed by atoms with van der Waals surface area (Å²) in [6, 6.07) is 52.1. The molecule has 3 nitrogen and oxygen atoms in total. The zero-order chi connectivity index (χ0) is 29.5. The molecule has 1 aliphatic carbocycles. The van der Waals surface area contributed by atoms with Crippen molar-refractivity contribution >= 4 is 28.3 Å². The highest BCUT2D eigenvalue weighted by atomic mass is 15.2. The van der Waals surface area contributed by atoms with Crippen molar-refractivity contribution in [3.05, 3.63) is 197 Å². The molecular weight excluding hydrogens is 534 g/mol. The second-order valence-corrected chi connectivity index (χ2v) is 11.4. The van der Waals surface area contributed by atoms with Gasteiger partial charge in [-0.2, -0.15) is 0 Å². The predicted octanol–water partition coefficient (Wildman–Crippen LogP) is 9.68. The summed E-state index contributed by atoms with van der Waals surface area (Å²) in [5.41, 5.74) is 13.9. The van der Waals surface area contributed by atoms with Crippen LogP contribution in [0.25, 0.3) is 5.57 Å². The molecule has 0 bridgehead atoms. The average Bonchev–Trinajstić information content (AvgIpc) is 3.35. The van der Waals surface area contributed by atoms with Gasteiger partial charge in [-0.1, -0.05) is 109 Å². The topological polar surface area (TPSA) is 28.5 Å². The first-order valence-corrected chi connectivity index (χ1v) is 15.1. The maximum Gasteiger partial charge on any atom is 0.0730 e. The Bertz CT molecular complexity index is 2000. The van der Waals surface area contributed by atoms with Gasteiger partial charge in [-0.25, -0.2) is 0 Å². The quantitative estimate of drug-likeness (QED) is 0.195. The van der Waals surface area contributed by atoms with E-state index >= 15 is 0 Å². The number of pyridine rings is 1. The molecule has 5 aromatic carbocycles. The van der Waals surface area contributed by atoms with E-state index < -0.39 is 5.41 Å². The lowest BCUT2D eigenvalue weighted by atomic mass is 9.64. The van der Waals surface area contributed by atoms with Gasteiger partial charge in [0, 0.05) is 29.2 Å². The summed E-state index contributed by atoms with van der Waals surface area (Å²) in [6.45, 7) is 2.92. The molecule has 1 aromatic heterocycles. The molecule has 0 saturated heterocycles. The van der Waals surface area contributed by atoms with Gasteiger partial charge in [-0.3, -0.25) is 9.98 Å². The molecular formula is C41H31N3. The second kappa shape index (κ2) is 10.6. The summed E-state index contributed by atoms with van der Waals surface area (Å²) < 4.78 is 0. The normalized spacial score (nSPS) is 14.8. The number of nitrogens with zero attached hydrogens (tertiary/aromatic N) is 3. The van der Waals surface area contributed by atoms with Crippen LogP contribution in [0, 0.1) is 0 Å². The molecule has 3 heteroatoms. The van der Waals surface area contributed by atoms with Crippen LogP contribution < -0.4 is 4.90 Å². The number of benzene rings is 5. The van der Waals surface area contributed by atoms with Crippen molar-refractivity contribution in [2.45, 2.75) is 18.9 Å². The third-order valence-corrected chi connectivity index (χ3v) is 9.10. The van der Waals surface area contributed by atoms with Crippen LogP contribution in [-0.2, 0) is 12.0 Å². The van der Waals surface area contributed by atoms with E-state index in [1.165, 1.54) is 50.3 Å². The molecule has 8 rings (SSSR count). The molecule has 2 heterocycles. The smallest absolute Gasteiger partial charge is 0.0730 e. The lowest BCUT2D eigenvalue weighted by molar-refractivity contribution is 0.729. The Kier molecular flexibility index (Phi) is 6.31. The summed E-state index contributed by atoms with van der Waals surface area (Å²) in [5, 5.41) is 0. The van der Waals surface area contributed by atoms with Crippen LogP contribution in [-0.4, -0.2) is 10.7 Å². The highest BCUT2D eigenvalue weighted by molar-refractivity contribution is 6.34. The zero-order valence-corrected chi connectivity index (χ0v) is 24.6. The highest BCUT2D eigenvalue weighted by Gasteiger charge is 2.52. The minimum Gasteiger partial charge on any atom is -0.310 e. The molecule has 1 aliphatic heterocycles. The van der Waals surface area contributed by atoms with Gasteiger partial charge in [0.1, 0.15) is 0 Å². The minimum absolute atomic E-state index is 0.481. The third kappa shape index (κ3) is 3.90. The number of fused-ring (bicyclic) bond motifs is 6. The fourth-order valence-corrected chi connectivity index (χ4v) is 7.30. The zero-order valence-electron chi connectivity index (χ0n) is 24.6. The maximum atomic E-state index is 5.37. The molecule has 6 aromatic rings. The number of aliphatic imine (C=N–C) groups is 1. The Morgan fingerprint density at radius 2 is 1.16 bits per heavy atom. The number of hydrogen-bond donors (Lipinski definition) is 0. The predicted molar refractivity (Wildman–Crippen MR) is 181 cm³/mol. The summed E-state index contributed by atoms with van der Waals surface area (Å²) >= 11 is 0. The monoisotopic (exact) mass is 565 g/mol. The van der Waals surface area contributed by atoms with Gasteiger partial charge in [0.05, 0.1) is 29.0 Å². The van der Waals surface area contributed by atoms with Gasteiger partial charge in [0.15, 0.2) is 0 Å². The number of para-hydroxylation sites is 3. The first-order valence-electron chi connectivity index (χ1n) is 15.1. The molecule has 0 radical (unpaired) electrons. The van der Waals surface area contributed by atoms with E-state index in [-0.39, 0.29) is 0 Å². The van der Waals surface area contributed by atoms with E-state index in [9.17, 15) is 0 Å². The molecule has 0 unspecified atom stereocenters. The van der Waals surface area contributed by atoms with Crippen molar-refractivity contribution in [3.63, 3.8) is 0 Å². The van der Waals surface area contributed by atoms with Gasteiger partial charge in [-0.15, -0.1) is 0 Å². The second-order valence-electron chi connectivity index (χ2n) is 11.4. The summed E-state index contributed by atoms with van der Waals surface area (Å²) in [5.74, 6) is 0. The van der Waals surface area contributed by atoms with Gasteiger partial charge in [-0.05, 0) is 76.7 Å². The largest absolute Gasteiger partial charge is 0.310 e. The van der Waals surface area contributed by atoms with Crippen LogP contribution in [0.15, 0.2) is 169 Å². The van der Waals surface area contributed by atoms with Gasteiger partial charge >= 0.3 is 0 Å². The Labute approximate surface area is 258 Å². The molecule has 0 fully saturated rings. The Morgan fingerprint density at radius 1 is 0.614 bits per heavy atom. The van der Waals surface area contributed by atoms with Gasteiger partial charge in [0.25, 0.3) is 0 Å². The SMILES string of the molecule is CC1=C(/C(=N\Cc2ccccc2)c2ccncc2)c2ccccc2C12c1ccccc1N(c1ccccc1)c1ccccc12. The standard InChI is InChI=1S/C41H31N3/c1-29-39(40(31-24-26-42-27-25-31)43-28-30-14-4-2-5-15-30)33-18-8-9-19-34(33)41(29)35-20-10-12-22-37(35)44(32-16-6-3-7-17-32)38-23-13-11-21-36(38)41/h2-27H,28H2,1H3/b43-40-. The molecule has 0 amide bonds. The van der Waals surface area contributed by atoms with Crippen molar-refractivity contribution in [2.75, 3.05) is 4.90 Å². The van der Waals surface area contributed by atoms with Crippen LogP contribution in [0.1, 0.15) is 40.3 Å². The van der Waals surface area contributed by atoms with Gasteiger partial charge < -0.3 is 4.90 Å². The number of aromatic nitrogens is 1. The summed E-state index contributed by atoms with van der Waals surface area (Å²) in [6.07, 6.45) is 3.73. The Hall–Kier alpha value is -5.54. The first-order chi connectivity index (χ1) is 21.8. The van der Waals surface area contributed by atoms with Crippen molar-refractivity contribution < 1.29 is 0 Å². The van der Waals surface area contributed by atoms with Crippen LogP contribution in [0.2, 0.25) is 0 Å². The lowest BCUT2D eigenvalue weighted by Gasteiger charge is -2.45. The Morgan fingerprint density at radius 3 is 1.82 bits per heavy atom. The van der Waals surface area contributed by atoms with E-state index in [1.54, 1.807) is 0 Å². The van der Waals surface area contributed by atoms with E-state index in [0.29, 0.717) is 6.54 Å². The van der Waals surface area contributed by atoms with Crippen molar-refractivity contribution in [2.24, 2.45) is 4.99 Å². The third-order valence-electron chi connectivity index (χ3n) is 9.10. The van der Waals surface area contributed by atoms with Crippen molar-refractivity contribution in [1.29, 1.82) is 0 Å². The van der Waals surface area contributed by atoms with E-state index in [2.05, 4.69) is 162 Å². The molecule has 0 N–H and O–H groups in total. The molecule has 2 aliphatic rings. The fraction of sp³-hybridized carbons (Fsp3) is 0.0732. The van der Waals surface area contributed by atoms with Crippen molar-refractivity contribution in [3.8, 4) is 0 Å². The highest BCUT2D eigenvalue weighted by Crippen LogP contribution is 2.62. The molecule has 210 valence electrons. The number of allylic oxidation sites excluding steroid dienone is 2. The van der Waals surface area contributed by atoms with E-state index in [1.807, 2.05) is 12.4 Å². The van der Waals surface area contributed by atoms with Gasteiger partial charge in [0.2, 0.25) is 0 Å². The summed E-state index contributed by atoms with van der Waals surface area (Å²) in [4.78, 5) is 12.1. The van der Waals surface area contributed by atoms with Crippen LogP contribution >= 0.6 is 0 Å². The number of anilines is 3. The number of hydrogen-bond acceptors (Lipinski definition) is 3. The molecule has 0 atom stereocenters. The lowest BCUT2D eigenvalue weighted by Crippen LogP contribution is -2.36. The minimum atomic E-state index is -0.481. The number of rotatable bonds is 5. The fourth-order valence-electron chi connectivity index (χ4n) is 7.30. The van der Waals surface area contributed by atoms with Crippen LogP contribution in [0.4, 0.5) is 17.1 Å². The van der Waals surface area contributed by atoms with Crippen LogP contribution in [0.5, 0.6) is 0 Å². The summed E-state index contributed by atoms with van der Waals surface area (Å²) in [7, 11) is 0.